The quantitative estimate of drug-likeness (QED) is 0.850. The van der Waals surface area contributed by atoms with E-state index in [1.165, 1.54) is 5.56 Å². The number of carbonyl (C=O) groups excluding carboxylic acids is 1. The molecule has 1 aliphatic rings. The van der Waals surface area contributed by atoms with E-state index in [9.17, 15) is 4.79 Å². The predicted octanol–water partition coefficient (Wildman–Crippen LogP) is 4.26. The number of piperidine rings is 1. The van der Waals surface area contributed by atoms with Crippen molar-refractivity contribution in [2.75, 3.05) is 13.2 Å². The number of carbonyl (C=O) groups is 1. The van der Waals surface area contributed by atoms with E-state index < -0.39 is 5.60 Å². The van der Waals surface area contributed by atoms with Crippen molar-refractivity contribution >= 4 is 6.09 Å². The summed E-state index contributed by atoms with van der Waals surface area (Å²) in [6.45, 7) is 11.8. The van der Waals surface area contributed by atoms with Crippen molar-refractivity contribution in [3.05, 3.63) is 29.3 Å². The predicted molar refractivity (Wildman–Crippen MR) is 104 cm³/mol. The Hall–Kier alpha value is -1.75. The third-order valence-electron chi connectivity index (χ3n) is 4.94. The Bertz CT molecular complexity index is 610. The van der Waals surface area contributed by atoms with E-state index >= 15 is 0 Å². The molecule has 5 heteroatoms. The van der Waals surface area contributed by atoms with Gasteiger partial charge in [-0.15, -0.1) is 0 Å². The third-order valence-corrected chi connectivity index (χ3v) is 4.94. The van der Waals surface area contributed by atoms with E-state index in [2.05, 4.69) is 13.8 Å². The molecule has 1 saturated heterocycles. The van der Waals surface area contributed by atoms with Gasteiger partial charge in [0, 0.05) is 19.1 Å². The molecule has 0 radical (unpaired) electrons. The summed E-state index contributed by atoms with van der Waals surface area (Å²) in [6, 6.07) is 6.28. The molecular weight excluding hydrogens is 328 g/mol. The number of aryl methyl sites for hydroxylation is 1. The maximum absolute atomic E-state index is 12.4. The van der Waals surface area contributed by atoms with Crippen LogP contribution in [-0.2, 0) is 11.3 Å². The van der Waals surface area contributed by atoms with Crippen LogP contribution in [0.5, 0.6) is 5.75 Å². The Morgan fingerprint density at radius 1 is 1.31 bits per heavy atom. The molecule has 0 bridgehead atoms. The number of benzene rings is 1. The van der Waals surface area contributed by atoms with Crippen LogP contribution in [0.2, 0.25) is 0 Å². The van der Waals surface area contributed by atoms with Crippen molar-refractivity contribution in [3.8, 4) is 5.75 Å². The first kappa shape index (κ1) is 20.6. The van der Waals surface area contributed by atoms with Crippen LogP contribution in [0.3, 0.4) is 0 Å². The van der Waals surface area contributed by atoms with Crippen LogP contribution in [-0.4, -0.2) is 35.8 Å². The van der Waals surface area contributed by atoms with Crippen LogP contribution >= 0.6 is 0 Å². The van der Waals surface area contributed by atoms with Gasteiger partial charge in [-0.05, 0) is 83.1 Å². The van der Waals surface area contributed by atoms with E-state index in [1.807, 2.05) is 43.9 Å². The molecular formula is C21H34N2O3. The molecule has 1 aromatic rings. The van der Waals surface area contributed by atoms with Crippen LogP contribution in [0, 0.1) is 12.8 Å². The van der Waals surface area contributed by atoms with Crippen molar-refractivity contribution in [1.29, 1.82) is 0 Å². The highest BCUT2D eigenvalue weighted by molar-refractivity contribution is 5.68. The maximum atomic E-state index is 12.4. The number of nitrogens with two attached hydrogens (primary N) is 1. The molecule has 0 spiro atoms. The minimum absolute atomic E-state index is 0.207. The van der Waals surface area contributed by atoms with Crippen LogP contribution in [0.4, 0.5) is 4.79 Å². The second-order valence-electron chi connectivity index (χ2n) is 8.35. The molecule has 2 N–H and O–H groups in total. The second-order valence-corrected chi connectivity index (χ2v) is 8.35. The molecule has 1 aromatic carbocycles. The molecule has 0 aromatic heterocycles. The molecule has 146 valence electrons. The van der Waals surface area contributed by atoms with Gasteiger partial charge in [0.05, 0.1) is 6.61 Å². The number of nitrogens with zero attached hydrogens (tertiary/aromatic N) is 1. The van der Waals surface area contributed by atoms with Gasteiger partial charge in [0.1, 0.15) is 11.4 Å². The Morgan fingerprint density at radius 3 is 2.69 bits per heavy atom. The van der Waals surface area contributed by atoms with Gasteiger partial charge in [-0.3, -0.25) is 0 Å². The van der Waals surface area contributed by atoms with Crippen LogP contribution < -0.4 is 10.5 Å². The zero-order chi connectivity index (χ0) is 19.3. The largest absolute Gasteiger partial charge is 0.494 e. The number of hydrogen-bond acceptors (Lipinski definition) is 4. The van der Waals surface area contributed by atoms with Crippen LogP contribution in [0.15, 0.2) is 18.2 Å². The van der Waals surface area contributed by atoms with E-state index in [4.69, 9.17) is 15.2 Å². The second kappa shape index (κ2) is 8.76. The summed E-state index contributed by atoms with van der Waals surface area (Å²) in [7, 11) is 0. The number of hydrogen-bond donors (Lipinski definition) is 1. The first-order valence-electron chi connectivity index (χ1n) is 9.61. The summed E-state index contributed by atoms with van der Waals surface area (Å²) >= 11 is 0. The van der Waals surface area contributed by atoms with Crippen LogP contribution in [0.1, 0.15) is 58.1 Å². The average molecular weight is 363 g/mol. The van der Waals surface area contributed by atoms with E-state index in [0.29, 0.717) is 19.1 Å². The minimum Gasteiger partial charge on any atom is -0.494 e. The molecule has 1 fully saturated rings. The minimum atomic E-state index is -0.459. The summed E-state index contributed by atoms with van der Waals surface area (Å²) in [5, 5.41) is 0. The topological polar surface area (TPSA) is 64.8 Å². The Morgan fingerprint density at radius 2 is 2.04 bits per heavy atom. The Labute approximate surface area is 157 Å². The van der Waals surface area contributed by atoms with Crippen molar-refractivity contribution < 1.29 is 14.3 Å². The monoisotopic (exact) mass is 362 g/mol. The van der Waals surface area contributed by atoms with Crippen molar-refractivity contribution in [2.45, 2.75) is 72.1 Å². The fraction of sp³-hybridized carbons (Fsp3) is 0.667. The van der Waals surface area contributed by atoms with Gasteiger partial charge < -0.3 is 20.1 Å². The summed E-state index contributed by atoms with van der Waals surface area (Å²) in [6.07, 6.45) is 2.84. The van der Waals surface area contributed by atoms with E-state index in [1.54, 1.807) is 0 Å². The lowest BCUT2D eigenvalue weighted by Crippen LogP contribution is -2.47. The van der Waals surface area contributed by atoms with Gasteiger partial charge in [-0.2, -0.15) is 0 Å². The van der Waals surface area contributed by atoms with Crippen molar-refractivity contribution in [1.82, 2.24) is 4.90 Å². The number of likely N-dealkylation sites (tertiary alicyclic amines) is 1. The highest BCUT2D eigenvalue weighted by Crippen LogP contribution is 2.26. The standard InChI is InChI=1S/C21H34N2O3/c1-15-6-9-19(12-18(15)13-22)25-11-10-17-8-7-16(2)23(14-17)20(24)26-21(3,4)5/h6,9,12,16-17H,7-8,10-11,13-14,22H2,1-5H3. The van der Waals surface area contributed by atoms with E-state index in [-0.39, 0.29) is 12.1 Å². The zero-order valence-electron chi connectivity index (χ0n) is 16.9. The summed E-state index contributed by atoms with van der Waals surface area (Å²) in [5.41, 5.74) is 7.61. The first-order valence-corrected chi connectivity index (χ1v) is 9.61. The maximum Gasteiger partial charge on any atom is 0.410 e. The lowest BCUT2D eigenvalue weighted by atomic mass is 9.91. The number of ether oxygens (including phenoxy) is 2. The number of rotatable bonds is 5. The molecule has 1 heterocycles. The Balaban J connectivity index is 1.85. The zero-order valence-corrected chi connectivity index (χ0v) is 16.9. The highest BCUT2D eigenvalue weighted by Gasteiger charge is 2.31. The van der Waals surface area contributed by atoms with Crippen molar-refractivity contribution in [2.24, 2.45) is 11.7 Å². The summed E-state index contributed by atoms with van der Waals surface area (Å²) in [5.74, 6) is 1.31. The van der Waals surface area contributed by atoms with E-state index in [0.717, 1.165) is 37.1 Å². The van der Waals surface area contributed by atoms with Gasteiger partial charge >= 0.3 is 6.09 Å². The van der Waals surface area contributed by atoms with Gasteiger partial charge in [0.2, 0.25) is 0 Å². The summed E-state index contributed by atoms with van der Waals surface area (Å²) < 4.78 is 11.5. The summed E-state index contributed by atoms with van der Waals surface area (Å²) in [4.78, 5) is 14.3. The Kier molecular flexibility index (Phi) is 6.93. The fourth-order valence-electron chi connectivity index (χ4n) is 3.29. The molecule has 2 unspecified atom stereocenters. The fourth-order valence-corrected chi connectivity index (χ4v) is 3.29. The molecule has 1 amide bonds. The van der Waals surface area contributed by atoms with Gasteiger partial charge in [-0.25, -0.2) is 4.79 Å². The average Bonchev–Trinajstić information content (AvgIpc) is 2.56. The number of amides is 1. The molecule has 1 aliphatic heterocycles. The lowest BCUT2D eigenvalue weighted by molar-refractivity contribution is 0.00398. The highest BCUT2D eigenvalue weighted by atomic mass is 16.6. The molecule has 26 heavy (non-hydrogen) atoms. The molecule has 2 atom stereocenters. The molecule has 5 nitrogen and oxygen atoms in total. The van der Waals surface area contributed by atoms with Crippen LogP contribution in [0.25, 0.3) is 0 Å². The third kappa shape index (κ3) is 5.90. The van der Waals surface area contributed by atoms with Gasteiger partial charge in [0.15, 0.2) is 0 Å². The lowest BCUT2D eigenvalue weighted by Gasteiger charge is -2.38. The smallest absolute Gasteiger partial charge is 0.410 e. The molecule has 0 saturated carbocycles. The molecule has 0 aliphatic carbocycles. The van der Waals surface area contributed by atoms with Gasteiger partial charge in [0.25, 0.3) is 0 Å². The first-order chi connectivity index (χ1) is 12.2. The van der Waals surface area contributed by atoms with Crippen molar-refractivity contribution in [3.63, 3.8) is 0 Å². The molecule has 2 rings (SSSR count). The normalized spacial score (nSPS) is 20.8. The SMILES string of the molecule is Cc1ccc(OCCC2CCC(C)N(C(=O)OC(C)(C)C)C2)cc1CN. The van der Waals surface area contributed by atoms with Gasteiger partial charge in [-0.1, -0.05) is 6.07 Å².